The van der Waals surface area contributed by atoms with Crippen molar-refractivity contribution in [3.63, 3.8) is 0 Å². The molecule has 0 N–H and O–H groups in total. The summed E-state index contributed by atoms with van der Waals surface area (Å²) in [5.41, 5.74) is 1.81. The zero-order valence-corrected chi connectivity index (χ0v) is 37.4. The van der Waals surface area contributed by atoms with Crippen molar-refractivity contribution >= 4 is 32.8 Å². The summed E-state index contributed by atoms with van der Waals surface area (Å²) in [4.78, 5) is 14.0. The molecule has 1 aliphatic heterocycles. The predicted octanol–water partition coefficient (Wildman–Crippen LogP) is 10.3. The molecule has 0 spiro atoms. The second-order valence-corrected chi connectivity index (χ2v) is 27.8. The van der Waals surface area contributed by atoms with E-state index >= 15 is 0 Å². The zero-order valence-electron chi connectivity index (χ0n) is 35.4. The van der Waals surface area contributed by atoms with Crippen LogP contribution in [0.4, 0.5) is 0 Å². The van der Waals surface area contributed by atoms with E-state index in [4.69, 9.17) is 23.1 Å². The van der Waals surface area contributed by atoms with Crippen molar-refractivity contribution in [1.82, 2.24) is 0 Å². The Balaban J connectivity index is 1.55. The Kier molecular flexibility index (Phi) is 15.5. The number of carbonyl (C=O) groups excluding carboxylic acids is 1. The fourth-order valence-electron chi connectivity index (χ4n) is 8.99. The van der Waals surface area contributed by atoms with E-state index in [9.17, 15) is 4.79 Å². The van der Waals surface area contributed by atoms with E-state index in [1.54, 1.807) is 7.11 Å². The number of ether oxygens (including phenoxy) is 3. The monoisotopic (exact) mass is 774 g/mol. The highest BCUT2D eigenvalue weighted by Gasteiger charge is 2.51. The Bertz CT molecular complexity index is 1500. The summed E-state index contributed by atoms with van der Waals surface area (Å²) in [5, 5.41) is 2.44. The van der Waals surface area contributed by atoms with Gasteiger partial charge in [0.1, 0.15) is 11.5 Å². The summed E-state index contributed by atoms with van der Waals surface area (Å²) >= 11 is 0. The van der Waals surface area contributed by atoms with Crippen molar-refractivity contribution in [2.75, 3.05) is 20.3 Å². The molecule has 3 aromatic rings. The van der Waals surface area contributed by atoms with Crippen LogP contribution in [0.5, 0.6) is 5.75 Å². The van der Waals surface area contributed by atoms with E-state index in [0.29, 0.717) is 42.9 Å². The molecule has 4 rings (SSSR count). The van der Waals surface area contributed by atoms with Gasteiger partial charge in [0.05, 0.1) is 38.6 Å². The molecule has 0 radical (unpaired) electrons. The van der Waals surface area contributed by atoms with Gasteiger partial charge in [-0.3, -0.25) is 4.79 Å². The highest BCUT2D eigenvalue weighted by molar-refractivity contribution is 6.99. The van der Waals surface area contributed by atoms with Gasteiger partial charge in [0.2, 0.25) is 8.32 Å². The Morgan fingerprint density at radius 1 is 0.759 bits per heavy atom. The van der Waals surface area contributed by atoms with Crippen LogP contribution in [-0.2, 0) is 29.7 Å². The molecular weight excluding hydrogens is 705 g/mol. The number of benzene rings is 3. The zero-order chi connectivity index (χ0) is 39.7. The van der Waals surface area contributed by atoms with Gasteiger partial charge in [-0.25, -0.2) is 0 Å². The lowest BCUT2D eigenvalue weighted by molar-refractivity contribution is -0.141. The van der Waals surface area contributed by atoms with Crippen LogP contribution in [0.15, 0.2) is 84.9 Å². The first-order chi connectivity index (χ1) is 25.5. The molecule has 0 aliphatic carbocycles. The van der Waals surface area contributed by atoms with E-state index in [1.165, 1.54) is 10.4 Å². The summed E-state index contributed by atoms with van der Waals surface area (Å²) < 4.78 is 33.0. The second kappa shape index (κ2) is 19.0. The van der Waals surface area contributed by atoms with Gasteiger partial charge in [-0.1, -0.05) is 149 Å². The highest BCUT2D eigenvalue weighted by Crippen LogP contribution is 2.45. The number of hydrogen-bond donors (Lipinski definition) is 0. The lowest BCUT2D eigenvalue weighted by Crippen LogP contribution is -2.66. The van der Waals surface area contributed by atoms with Gasteiger partial charge in [0.15, 0.2) is 0 Å². The van der Waals surface area contributed by atoms with Crippen LogP contribution in [0, 0.1) is 5.41 Å². The molecule has 1 aliphatic rings. The lowest BCUT2D eigenvalue weighted by Gasteiger charge is -2.47. The van der Waals surface area contributed by atoms with Crippen LogP contribution in [-0.4, -0.2) is 61.1 Å². The molecule has 0 bridgehead atoms. The summed E-state index contributed by atoms with van der Waals surface area (Å²) in [6, 6.07) is 29.5. The van der Waals surface area contributed by atoms with E-state index in [-0.39, 0.29) is 29.1 Å². The van der Waals surface area contributed by atoms with Crippen molar-refractivity contribution in [2.24, 2.45) is 5.41 Å². The quantitative estimate of drug-likeness (QED) is 0.113. The Hall–Kier alpha value is -2.60. The molecule has 0 amide bonds. The molecule has 54 heavy (non-hydrogen) atoms. The van der Waals surface area contributed by atoms with Gasteiger partial charge in [-0.2, -0.15) is 0 Å². The second-order valence-electron chi connectivity index (χ2n) is 18.1. The molecule has 6 nitrogen and oxygen atoms in total. The molecule has 1 saturated heterocycles. The van der Waals surface area contributed by atoms with Gasteiger partial charge in [-0.05, 0) is 69.0 Å². The van der Waals surface area contributed by atoms with Gasteiger partial charge in [0, 0.05) is 18.4 Å². The van der Waals surface area contributed by atoms with Gasteiger partial charge in [0.25, 0.3) is 8.32 Å². The standard InChI is InChI=1S/C46H70O6Si2/c1-34(2)53(35(3)4,36(5)6)52-41-29-39(27-28-50-54(45(7,8)9,42-19-15-13-16-20-42)43-21-17-14-18-22-43)51-40(30-41)31-44(47)46(10,11)33-49-32-37-23-25-38(48-12)26-24-37/h13-26,34-36,39-41H,27-33H2,1-12H3/t39-,40-,41+/m1/s1. The first-order valence-corrected chi connectivity index (χ1v) is 24.3. The fraction of sp³-hybridized carbons (Fsp3) is 0.587. The molecule has 0 aromatic heterocycles. The summed E-state index contributed by atoms with van der Waals surface area (Å²) in [5.74, 6) is 0.970. The molecule has 0 saturated carbocycles. The van der Waals surface area contributed by atoms with E-state index in [0.717, 1.165) is 30.6 Å². The summed E-state index contributed by atoms with van der Waals surface area (Å²) in [6.45, 7) is 26.3. The van der Waals surface area contributed by atoms with Crippen molar-refractivity contribution in [3.05, 3.63) is 90.5 Å². The maximum atomic E-state index is 14.0. The Morgan fingerprint density at radius 3 is 1.76 bits per heavy atom. The van der Waals surface area contributed by atoms with E-state index < -0.39 is 22.0 Å². The topological polar surface area (TPSA) is 63.2 Å². The minimum Gasteiger partial charge on any atom is -0.497 e. The van der Waals surface area contributed by atoms with Gasteiger partial charge >= 0.3 is 0 Å². The summed E-state index contributed by atoms with van der Waals surface area (Å²) in [6.07, 6.45) is 2.34. The average Bonchev–Trinajstić information content (AvgIpc) is 3.12. The number of Topliss-reactive ketones (excluding diaryl/α,β-unsaturated/α-hetero) is 1. The normalized spacial score (nSPS) is 18.8. The number of methoxy groups -OCH3 is 1. The maximum Gasteiger partial charge on any atom is 0.261 e. The first-order valence-electron chi connectivity index (χ1n) is 20.3. The largest absolute Gasteiger partial charge is 0.497 e. The van der Waals surface area contributed by atoms with Gasteiger partial charge in [-0.15, -0.1) is 0 Å². The number of hydrogen-bond acceptors (Lipinski definition) is 6. The van der Waals surface area contributed by atoms with Crippen LogP contribution in [0.1, 0.15) is 107 Å². The van der Waals surface area contributed by atoms with Crippen molar-refractivity contribution in [3.8, 4) is 5.75 Å². The molecule has 3 atom stereocenters. The first kappa shape index (κ1) is 44.1. The molecule has 298 valence electrons. The van der Waals surface area contributed by atoms with Crippen molar-refractivity contribution in [2.45, 2.75) is 148 Å². The minimum absolute atomic E-state index is 0.0303. The number of carbonyl (C=O) groups is 1. The van der Waals surface area contributed by atoms with Crippen LogP contribution >= 0.6 is 0 Å². The number of ketones is 1. The van der Waals surface area contributed by atoms with Crippen LogP contribution < -0.4 is 15.1 Å². The lowest BCUT2D eigenvalue weighted by atomic mass is 9.84. The molecule has 3 aromatic carbocycles. The third-order valence-corrected chi connectivity index (χ3v) is 22.9. The number of rotatable bonds is 19. The molecule has 0 unspecified atom stereocenters. The third kappa shape index (κ3) is 10.4. The SMILES string of the molecule is COc1ccc(COCC(C)(C)C(=O)C[C@H]2C[C@@H](O[Si](C(C)C)(C(C)C)C(C)C)C[C@@H](CCO[Si](c3ccccc3)(c3ccccc3)C(C)(C)C)O2)cc1. The Labute approximate surface area is 329 Å². The molecule has 1 fully saturated rings. The highest BCUT2D eigenvalue weighted by atomic mass is 28.4. The van der Waals surface area contributed by atoms with Crippen LogP contribution in [0.2, 0.25) is 21.7 Å². The predicted molar refractivity (Wildman–Crippen MR) is 228 cm³/mol. The van der Waals surface area contributed by atoms with Crippen LogP contribution in [0.3, 0.4) is 0 Å². The average molecular weight is 775 g/mol. The van der Waals surface area contributed by atoms with Gasteiger partial charge < -0.3 is 23.1 Å². The minimum atomic E-state index is -2.70. The van der Waals surface area contributed by atoms with E-state index in [2.05, 4.69) is 123 Å². The van der Waals surface area contributed by atoms with Crippen molar-refractivity contribution < 1.29 is 27.9 Å². The summed E-state index contributed by atoms with van der Waals surface area (Å²) in [7, 11) is -3.21. The Morgan fingerprint density at radius 2 is 1.28 bits per heavy atom. The van der Waals surface area contributed by atoms with E-state index in [1.807, 2.05) is 38.1 Å². The fourth-order valence-corrected chi connectivity index (χ4v) is 19.2. The third-order valence-electron chi connectivity index (χ3n) is 11.7. The molecule has 1 heterocycles. The smallest absolute Gasteiger partial charge is 0.261 e. The maximum absolute atomic E-state index is 14.0. The molecule has 8 heteroatoms. The van der Waals surface area contributed by atoms with Crippen molar-refractivity contribution in [1.29, 1.82) is 0 Å². The van der Waals surface area contributed by atoms with Crippen LogP contribution in [0.25, 0.3) is 0 Å². The molecular formula is C46H70O6Si2.